The summed E-state index contributed by atoms with van der Waals surface area (Å²) < 4.78 is 14.3. The highest BCUT2D eigenvalue weighted by molar-refractivity contribution is 5.86. The van der Waals surface area contributed by atoms with Crippen LogP contribution in [0.3, 0.4) is 0 Å². The number of likely N-dealkylation sites (tertiary alicyclic amines) is 2. The number of nitrogens with zero attached hydrogens (tertiary/aromatic N) is 2. The van der Waals surface area contributed by atoms with Crippen molar-refractivity contribution in [1.29, 1.82) is 0 Å². The van der Waals surface area contributed by atoms with Crippen LogP contribution in [0.1, 0.15) is 30.9 Å². The van der Waals surface area contributed by atoms with Gasteiger partial charge in [-0.3, -0.25) is 14.5 Å². The molecule has 0 saturated carbocycles. The van der Waals surface area contributed by atoms with Gasteiger partial charge < -0.3 is 10.2 Å². The van der Waals surface area contributed by atoms with Crippen molar-refractivity contribution in [3.8, 4) is 0 Å². The third-order valence-electron chi connectivity index (χ3n) is 4.77. The molecule has 2 amide bonds. The number of amides is 2. The lowest BCUT2D eigenvalue weighted by Crippen LogP contribution is -2.53. The Hall–Kier alpha value is -1.95. The van der Waals surface area contributed by atoms with E-state index in [0.717, 1.165) is 32.4 Å². The van der Waals surface area contributed by atoms with Crippen molar-refractivity contribution in [3.05, 3.63) is 35.6 Å². The van der Waals surface area contributed by atoms with Crippen LogP contribution in [0.5, 0.6) is 0 Å². The predicted octanol–water partition coefficient (Wildman–Crippen LogP) is 1.31. The summed E-state index contributed by atoms with van der Waals surface area (Å²) in [7, 11) is 1.54. The summed E-state index contributed by atoms with van der Waals surface area (Å²) >= 11 is 0. The van der Waals surface area contributed by atoms with Crippen LogP contribution >= 0.6 is 0 Å². The first-order chi connectivity index (χ1) is 11.1. The molecule has 1 aromatic carbocycles. The molecule has 23 heavy (non-hydrogen) atoms. The first kappa shape index (κ1) is 15.9. The maximum absolute atomic E-state index is 14.3. The number of hydrogen-bond acceptors (Lipinski definition) is 3. The molecule has 0 spiro atoms. The molecule has 0 unspecified atom stereocenters. The fourth-order valence-corrected chi connectivity index (χ4v) is 3.41. The van der Waals surface area contributed by atoms with E-state index in [9.17, 15) is 14.0 Å². The maximum Gasteiger partial charge on any atom is 0.241 e. The van der Waals surface area contributed by atoms with E-state index in [-0.39, 0.29) is 17.9 Å². The molecule has 2 aliphatic heterocycles. The Morgan fingerprint density at radius 1 is 1.22 bits per heavy atom. The zero-order valence-corrected chi connectivity index (χ0v) is 13.3. The molecular weight excluding hydrogens is 297 g/mol. The molecule has 2 saturated heterocycles. The number of likely N-dealkylation sites (N-methyl/N-ethyl adjacent to an activating group) is 1. The van der Waals surface area contributed by atoms with Crippen LogP contribution in [0.15, 0.2) is 24.3 Å². The molecule has 0 aliphatic carbocycles. The number of hydrogen-bond donors (Lipinski definition) is 1. The second kappa shape index (κ2) is 6.66. The maximum atomic E-state index is 14.3. The molecule has 0 aromatic heterocycles. The van der Waals surface area contributed by atoms with Gasteiger partial charge in [0.15, 0.2) is 0 Å². The number of halogens is 1. The SMILES string of the molecule is CNC(=O)[C@@H](c1ccccc1F)N1CCC[C@H]1C(=O)N1CCC1. The van der Waals surface area contributed by atoms with Gasteiger partial charge in [0.25, 0.3) is 0 Å². The van der Waals surface area contributed by atoms with Crippen molar-refractivity contribution in [1.82, 2.24) is 15.1 Å². The Morgan fingerprint density at radius 3 is 2.57 bits per heavy atom. The van der Waals surface area contributed by atoms with Crippen LogP contribution in [0.25, 0.3) is 0 Å². The number of carbonyl (C=O) groups is 2. The molecule has 0 bridgehead atoms. The molecule has 1 aromatic rings. The number of carbonyl (C=O) groups excluding carboxylic acids is 2. The van der Waals surface area contributed by atoms with E-state index < -0.39 is 11.9 Å². The van der Waals surface area contributed by atoms with Crippen LogP contribution in [0, 0.1) is 5.82 Å². The fraction of sp³-hybridized carbons (Fsp3) is 0.529. The lowest BCUT2D eigenvalue weighted by atomic mass is 10.0. The van der Waals surface area contributed by atoms with Gasteiger partial charge in [0.05, 0.1) is 6.04 Å². The highest BCUT2D eigenvalue weighted by Gasteiger charge is 2.42. The second-order valence-electron chi connectivity index (χ2n) is 6.11. The quantitative estimate of drug-likeness (QED) is 0.910. The molecule has 2 aliphatic rings. The average molecular weight is 319 g/mol. The Balaban J connectivity index is 1.91. The minimum atomic E-state index is -0.765. The Kier molecular flexibility index (Phi) is 4.61. The largest absolute Gasteiger partial charge is 0.358 e. The van der Waals surface area contributed by atoms with E-state index in [1.807, 2.05) is 9.80 Å². The molecule has 6 heteroatoms. The van der Waals surface area contributed by atoms with Crippen molar-refractivity contribution in [2.75, 3.05) is 26.7 Å². The van der Waals surface area contributed by atoms with Gasteiger partial charge in [-0.15, -0.1) is 0 Å². The smallest absolute Gasteiger partial charge is 0.241 e. The summed E-state index contributed by atoms with van der Waals surface area (Å²) in [5.41, 5.74) is 0.329. The second-order valence-corrected chi connectivity index (χ2v) is 6.11. The van der Waals surface area contributed by atoms with Gasteiger partial charge in [-0.1, -0.05) is 18.2 Å². The number of nitrogens with one attached hydrogen (secondary N) is 1. The average Bonchev–Trinajstić information content (AvgIpc) is 2.96. The molecule has 1 N–H and O–H groups in total. The number of benzene rings is 1. The Bertz CT molecular complexity index is 603. The van der Waals surface area contributed by atoms with Crippen LogP contribution in [0.2, 0.25) is 0 Å². The monoisotopic (exact) mass is 319 g/mol. The van der Waals surface area contributed by atoms with Crippen LogP contribution < -0.4 is 5.32 Å². The summed E-state index contributed by atoms with van der Waals surface area (Å²) in [6.45, 7) is 2.19. The Morgan fingerprint density at radius 2 is 1.96 bits per heavy atom. The van der Waals surface area contributed by atoms with E-state index in [4.69, 9.17) is 0 Å². The van der Waals surface area contributed by atoms with Gasteiger partial charge in [-0.2, -0.15) is 0 Å². The van der Waals surface area contributed by atoms with E-state index in [0.29, 0.717) is 12.1 Å². The molecule has 3 rings (SSSR count). The first-order valence-corrected chi connectivity index (χ1v) is 8.14. The summed E-state index contributed by atoms with van der Waals surface area (Å²) in [4.78, 5) is 28.7. The molecule has 5 nitrogen and oxygen atoms in total. The van der Waals surface area contributed by atoms with Crippen LogP contribution in [0.4, 0.5) is 4.39 Å². The van der Waals surface area contributed by atoms with E-state index in [1.54, 1.807) is 25.2 Å². The zero-order chi connectivity index (χ0) is 16.4. The van der Waals surface area contributed by atoms with Crippen molar-refractivity contribution in [2.45, 2.75) is 31.3 Å². The van der Waals surface area contributed by atoms with Gasteiger partial charge in [0.2, 0.25) is 11.8 Å². The third-order valence-corrected chi connectivity index (χ3v) is 4.77. The normalized spacial score (nSPS) is 22.5. The minimum Gasteiger partial charge on any atom is -0.358 e. The van der Waals surface area contributed by atoms with Crippen molar-refractivity contribution >= 4 is 11.8 Å². The molecule has 124 valence electrons. The van der Waals surface area contributed by atoms with Crippen LogP contribution in [-0.4, -0.2) is 54.3 Å². The molecule has 2 fully saturated rings. The van der Waals surface area contributed by atoms with E-state index in [1.165, 1.54) is 6.07 Å². The van der Waals surface area contributed by atoms with E-state index >= 15 is 0 Å². The summed E-state index contributed by atoms with van der Waals surface area (Å²) in [5.74, 6) is -0.624. The lowest BCUT2D eigenvalue weighted by Gasteiger charge is -2.38. The highest BCUT2D eigenvalue weighted by atomic mass is 19.1. The Labute approximate surface area is 135 Å². The third kappa shape index (κ3) is 2.95. The van der Waals surface area contributed by atoms with Crippen molar-refractivity contribution in [3.63, 3.8) is 0 Å². The van der Waals surface area contributed by atoms with E-state index in [2.05, 4.69) is 5.32 Å². The number of rotatable bonds is 4. The highest BCUT2D eigenvalue weighted by Crippen LogP contribution is 2.32. The molecule has 0 radical (unpaired) electrons. The van der Waals surface area contributed by atoms with Crippen molar-refractivity contribution < 1.29 is 14.0 Å². The topological polar surface area (TPSA) is 52.7 Å². The summed E-state index contributed by atoms with van der Waals surface area (Å²) in [6, 6.07) is 5.20. The standard InChI is InChI=1S/C17H22FN3O2/c1-19-16(22)15(12-6-2-3-7-13(12)18)21-11-4-8-14(21)17(23)20-9-5-10-20/h2-3,6-7,14-15H,4-5,8-11H2,1H3,(H,19,22)/t14-,15+/m0/s1. The predicted molar refractivity (Wildman–Crippen MR) is 84.1 cm³/mol. The summed E-state index contributed by atoms with van der Waals surface area (Å²) in [5, 5.41) is 2.61. The van der Waals surface area contributed by atoms with Gasteiger partial charge >= 0.3 is 0 Å². The molecule has 2 heterocycles. The fourth-order valence-electron chi connectivity index (χ4n) is 3.41. The van der Waals surface area contributed by atoms with Gasteiger partial charge in [0, 0.05) is 32.2 Å². The lowest BCUT2D eigenvalue weighted by molar-refractivity contribution is -0.141. The van der Waals surface area contributed by atoms with Gasteiger partial charge in [-0.05, 0) is 25.3 Å². The van der Waals surface area contributed by atoms with Gasteiger partial charge in [-0.25, -0.2) is 4.39 Å². The summed E-state index contributed by atoms with van der Waals surface area (Å²) in [6.07, 6.45) is 2.59. The van der Waals surface area contributed by atoms with Gasteiger partial charge in [0.1, 0.15) is 11.9 Å². The van der Waals surface area contributed by atoms with Crippen LogP contribution in [-0.2, 0) is 9.59 Å². The molecule has 2 atom stereocenters. The zero-order valence-electron chi connectivity index (χ0n) is 13.3. The molecular formula is C17H22FN3O2. The minimum absolute atomic E-state index is 0.0685. The van der Waals surface area contributed by atoms with Crippen molar-refractivity contribution in [2.24, 2.45) is 0 Å². The first-order valence-electron chi connectivity index (χ1n) is 8.14.